The molecular weight excluding hydrogens is 440 g/mol. The predicted molar refractivity (Wildman–Crippen MR) is 114 cm³/mol. The first-order valence-electron chi connectivity index (χ1n) is 10.5. The van der Waals surface area contributed by atoms with E-state index in [0.717, 1.165) is 0 Å². The third-order valence-corrected chi connectivity index (χ3v) is 7.26. The Morgan fingerprint density at radius 2 is 2.00 bits per heavy atom. The van der Waals surface area contributed by atoms with Crippen LogP contribution < -0.4 is 20.3 Å². The molecule has 0 unspecified atom stereocenters. The lowest BCUT2D eigenvalue weighted by molar-refractivity contribution is 0.0482. The molecule has 12 heteroatoms. The average molecular weight is 469 g/mol. The van der Waals surface area contributed by atoms with Gasteiger partial charge in [0.15, 0.2) is 0 Å². The van der Waals surface area contributed by atoms with Crippen molar-refractivity contribution in [1.82, 2.24) is 14.9 Å². The Morgan fingerprint density at radius 1 is 1.28 bits per heavy atom. The van der Waals surface area contributed by atoms with Crippen molar-refractivity contribution in [3.63, 3.8) is 0 Å². The Morgan fingerprint density at radius 3 is 2.69 bits per heavy atom. The molecule has 1 aromatic rings. The molecule has 0 aliphatic carbocycles. The highest BCUT2D eigenvalue weighted by Gasteiger charge is 2.47. The summed E-state index contributed by atoms with van der Waals surface area (Å²) in [6.07, 6.45) is -1.81. The van der Waals surface area contributed by atoms with E-state index in [9.17, 15) is 18.0 Å². The number of fused-ring (bicyclic) bond motifs is 3. The van der Waals surface area contributed by atoms with Crippen molar-refractivity contribution in [2.24, 2.45) is 0 Å². The number of anilines is 1. The molecule has 2 saturated heterocycles. The Balaban J connectivity index is 1.48. The van der Waals surface area contributed by atoms with Gasteiger partial charge in [-0.1, -0.05) is 0 Å². The standard InChI is InChI=1S/C20H28N4O7S/c1-20(2,3)31-18(25)22-11-17-15-12-29-16-10-13(4-5-14(16)24(15)19(26)30-17)32(27,28)23-8-6-21-7-9-23/h4-5,10,15,17,21H,6-9,11-12H2,1-3H3,(H,22,25)/t15-,17-/m0/s1. The lowest BCUT2D eigenvalue weighted by Crippen LogP contribution is -2.48. The number of carbonyl (C=O) groups excluding carboxylic acids is 2. The fourth-order valence-corrected chi connectivity index (χ4v) is 5.34. The number of sulfonamides is 1. The molecule has 0 radical (unpaired) electrons. The van der Waals surface area contributed by atoms with Crippen LogP contribution in [0, 0.1) is 0 Å². The zero-order valence-corrected chi connectivity index (χ0v) is 19.1. The summed E-state index contributed by atoms with van der Waals surface area (Å²) in [5.41, 5.74) is -0.205. The van der Waals surface area contributed by atoms with Gasteiger partial charge in [-0.25, -0.2) is 18.0 Å². The summed E-state index contributed by atoms with van der Waals surface area (Å²) in [7, 11) is -3.66. The van der Waals surface area contributed by atoms with E-state index in [2.05, 4.69) is 10.6 Å². The number of benzene rings is 1. The maximum absolute atomic E-state index is 13.0. The van der Waals surface area contributed by atoms with Crippen LogP contribution in [0.4, 0.5) is 15.3 Å². The van der Waals surface area contributed by atoms with Crippen LogP contribution in [-0.4, -0.2) is 82.0 Å². The van der Waals surface area contributed by atoms with Crippen LogP contribution in [0.1, 0.15) is 20.8 Å². The van der Waals surface area contributed by atoms with Crippen LogP contribution in [-0.2, 0) is 19.5 Å². The van der Waals surface area contributed by atoms with Gasteiger partial charge in [-0.3, -0.25) is 4.90 Å². The summed E-state index contributed by atoms with van der Waals surface area (Å²) in [4.78, 5) is 26.1. The monoisotopic (exact) mass is 468 g/mol. The average Bonchev–Trinajstić information content (AvgIpc) is 3.07. The number of nitrogens with one attached hydrogen (secondary N) is 2. The first-order valence-corrected chi connectivity index (χ1v) is 11.9. The molecule has 1 aromatic carbocycles. The quantitative estimate of drug-likeness (QED) is 0.667. The molecular formula is C20H28N4O7S. The summed E-state index contributed by atoms with van der Waals surface area (Å²) < 4.78 is 43.8. The predicted octanol–water partition coefficient (Wildman–Crippen LogP) is 0.891. The van der Waals surface area contributed by atoms with E-state index in [-0.39, 0.29) is 18.0 Å². The van der Waals surface area contributed by atoms with Crippen LogP contribution in [0.25, 0.3) is 0 Å². The molecule has 3 aliphatic rings. The molecule has 0 aromatic heterocycles. The Kier molecular flexibility index (Phi) is 5.94. The topological polar surface area (TPSA) is 127 Å². The Hall–Kier alpha value is -2.57. The van der Waals surface area contributed by atoms with Gasteiger partial charge in [-0.2, -0.15) is 4.31 Å². The number of cyclic esters (lactones) is 1. The van der Waals surface area contributed by atoms with E-state index in [1.165, 1.54) is 21.3 Å². The number of alkyl carbamates (subject to hydrolysis) is 1. The first-order chi connectivity index (χ1) is 15.1. The minimum absolute atomic E-state index is 0.0654. The molecule has 2 atom stereocenters. The SMILES string of the molecule is CC(C)(C)OC(=O)NC[C@@H]1OC(=O)N2c3ccc(S(=O)(=O)N4CCNCC4)cc3OC[C@@H]12. The summed E-state index contributed by atoms with van der Waals surface area (Å²) in [6.45, 7) is 7.43. The van der Waals surface area contributed by atoms with Gasteiger partial charge in [0, 0.05) is 32.2 Å². The Bertz CT molecular complexity index is 1000. The van der Waals surface area contributed by atoms with E-state index >= 15 is 0 Å². The van der Waals surface area contributed by atoms with Gasteiger partial charge < -0.3 is 24.8 Å². The van der Waals surface area contributed by atoms with Crippen LogP contribution in [0.5, 0.6) is 5.75 Å². The molecule has 2 fully saturated rings. The second-order valence-electron chi connectivity index (χ2n) is 8.84. The van der Waals surface area contributed by atoms with Gasteiger partial charge in [0.05, 0.1) is 17.1 Å². The van der Waals surface area contributed by atoms with Crippen molar-refractivity contribution in [2.75, 3.05) is 44.2 Å². The van der Waals surface area contributed by atoms with Crippen LogP contribution in [0.2, 0.25) is 0 Å². The summed E-state index contributed by atoms with van der Waals surface area (Å²) >= 11 is 0. The number of ether oxygens (including phenoxy) is 3. The molecule has 11 nitrogen and oxygen atoms in total. The van der Waals surface area contributed by atoms with E-state index < -0.39 is 40.0 Å². The van der Waals surface area contributed by atoms with Crippen LogP contribution in [0.15, 0.2) is 23.1 Å². The molecule has 3 heterocycles. The van der Waals surface area contributed by atoms with Crippen molar-refractivity contribution in [2.45, 2.75) is 43.4 Å². The van der Waals surface area contributed by atoms with Crippen molar-refractivity contribution < 1.29 is 32.2 Å². The number of nitrogens with zero attached hydrogens (tertiary/aromatic N) is 2. The third-order valence-electron chi connectivity index (χ3n) is 5.37. The first kappa shape index (κ1) is 22.6. The fourth-order valence-electron chi connectivity index (χ4n) is 3.88. The molecule has 2 amide bonds. The van der Waals surface area contributed by atoms with E-state index in [1.54, 1.807) is 26.8 Å². The number of hydrogen-bond acceptors (Lipinski definition) is 8. The molecule has 2 N–H and O–H groups in total. The van der Waals surface area contributed by atoms with Crippen LogP contribution >= 0.6 is 0 Å². The number of rotatable bonds is 4. The molecule has 4 rings (SSSR count). The van der Waals surface area contributed by atoms with Gasteiger partial charge in [-0.15, -0.1) is 0 Å². The van der Waals surface area contributed by atoms with Gasteiger partial charge in [0.25, 0.3) is 0 Å². The van der Waals surface area contributed by atoms with Crippen molar-refractivity contribution in [3.05, 3.63) is 18.2 Å². The maximum atomic E-state index is 13.0. The van der Waals surface area contributed by atoms with Gasteiger partial charge in [0.1, 0.15) is 30.1 Å². The fraction of sp³-hybridized carbons (Fsp3) is 0.600. The number of hydrogen-bond donors (Lipinski definition) is 2. The Labute approximate surface area is 187 Å². The van der Waals surface area contributed by atoms with Crippen molar-refractivity contribution in [1.29, 1.82) is 0 Å². The van der Waals surface area contributed by atoms with Gasteiger partial charge in [0.2, 0.25) is 10.0 Å². The summed E-state index contributed by atoms with van der Waals surface area (Å²) in [6, 6.07) is 4.02. The molecule has 3 aliphatic heterocycles. The molecule has 32 heavy (non-hydrogen) atoms. The number of piperazine rings is 1. The summed E-state index contributed by atoms with van der Waals surface area (Å²) in [5.74, 6) is 0.301. The highest BCUT2D eigenvalue weighted by atomic mass is 32.2. The lowest BCUT2D eigenvalue weighted by atomic mass is 10.1. The zero-order chi connectivity index (χ0) is 23.1. The minimum Gasteiger partial charge on any atom is -0.489 e. The van der Waals surface area contributed by atoms with Gasteiger partial charge >= 0.3 is 12.2 Å². The zero-order valence-electron chi connectivity index (χ0n) is 18.3. The number of amides is 2. The maximum Gasteiger partial charge on any atom is 0.415 e. The largest absolute Gasteiger partial charge is 0.489 e. The van der Waals surface area contributed by atoms with E-state index in [0.29, 0.717) is 37.6 Å². The second kappa shape index (κ2) is 8.41. The molecule has 0 spiro atoms. The second-order valence-corrected chi connectivity index (χ2v) is 10.8. The highest BCUT2D eigenvalue weighted by molar-refractivity contribution is 7.89. The third kappa shape index (κ3) is 4.48. The minimum atomic E-state index is -3.66. The molecule has 0 bridgehead atoms. The normalized spacial score (nSPS) is 23.6. The van der Waals surface area contributed by atoms with Crippen LogP contribution in [0.3, 0.4) is 0 Å². The lowest BCUT2D eigenvalue weighted by Gasteiger charge is -2.32. The van der Waals surface area contributed by atoms with E-state index in [1.807, 2.05) is 0 Å². The van der Waals surface area contributed by atoms with Crippen molar-refractivity contribution >= 4 is 27.9 Å². The molecule has 0 saturated carbocycles. The van der Waals surface area contributed by atoms with E-state index in [4.69, 9.17) is 14.2 Å². The smallest absolute Gasteiger partial charge is 0.415 e. The highest BCUT2D eigenvalue weighted by Crippen LogP contribution is 2.40. The van der Waals surface area contributed by atoms with Crippen molar-refractivity contribution in [3.8, 4) is 5.75 Å². The van der Waals surface area contributed by atoms with Gasteiger partial charge in [-0.05, 0) is 32.9 Å². The molecule has 176 valence electrons. The number of carbonyl (C=O) groups is 2. The summed E-state index contributed by atoms with van der Waals surface area (Å²) in [5, 5.41) is 5.74.